The molecule has 7 nitrogen and oxygen atoms in total. The van der Waals surface area contributed by atoms with E-state index in [1.54, 1.807) is 6.07 Å². The second kappa shape index (κ2) is 11.7. The summed E-state index contributed by atoms with van der Waals surface area (Å²) in [6.07, 6.45) is -0.943. The number of nitrogens with one attached hydrogen (secondary N) is 3. The van der Waals surface area contributed by atoms with Crippen molar-refractivity contribution >= 4 is 61.6 Å². The first-order chi connectivity index (χ1) is 17.6. The van der Waals surface area contributed by atoms with E-state index in [9.17, 15) is 13.2 Å². The summed E-state index contributed by atoms with van der Waals surface area (Å²) in [5.74, 6) is 1.54. The van der Waals surface area contributed by atoms with Gasteiger partial charge in [0.2, 0.25) is 5.95 Å². The van der Waals surface area contributed by atoms with Gasteiger partial charge in [-0.3, -0.25) is 0 Å². The van der Waals surface area contributed by atoms with Crippen LogP contribution in [0.5, 0.6) is 5.75 Å². The summed E-state index contributed by atoms with van der Waals surface area (Å²) in [6.45, 7) is 0.627. The van der Waals surface area contributed by atoms with Crippen molar-refractivity contribution < 1.29 is 17.9 Å². The molecule has 0 atom stereocenters. The van der Waals surface area contributed by atoms with Crippen LogP contribution in [0.4, 0.5) is 30.6 Å². The zero-order valence-corrected chi connectivity index (χ0v) is 22.8. The van der Waals surface area contributed by atoms with Gasteiger partial charge in [-0.15, -0.1) is 13.2 Å². The van der Waals surface area contributed by atoms with Crippen LogP contribution in [0.2, 0.25) is 0 Å². The minimum Gasteiger partial charge on any atom is -0.404 e. The molecule has 1 aromatic heterocycles. The first-order valence-corrected chi connectivity index (χ1v) is 13.1. The van der Waals surface area contributed by atoms with Gasteiger partial charge in [0.15, 0.2) is 10.9 Å². The van der Waals surface area contributed by atoms with Crippen LogP contribution in [-0.2, 0) is 0 Å². The predicted octanol–water partition coefficient (Wildman–Crippen LogP) is 6.31. The normalized spacial score (nSPS) is 17.8. The van der Waals surface area contributed by atoms with Crippen molar-refractivity contribution in [2.45, 2.75) is 38.1 Å². The van der Waals surface area contributed by atoms with Crippen LogP contribution < -0.4 is 25.6 Å². The molecule has 0 radical (unpaired) electrons. The zero-order chi connectivity index (χ0) is 26.6. The molecule has 0 saturated heterocycles. The fourth-order valence-electron chi connectivity index (χ4n) is 4.37. The van der Waals surface area contributed by atoms with E-state index in [-0.39, 0.29) is 22.6 Å². The number of benzene rings is 2. The van der Waals surface area contributed by atoms with Crippen LogP contribution in [0.25, 0.3) is 10.9 Å². The van der Waals surface area contributed by atoms with Gasteiger partial charge in [0.1, 0.15) is 5.82 Å². The minimum atomic E-state index is -4.80. The smallest absolute Gasteiger partial charge is 0.404 e. The van der Waals surface area contributed by atoms with Crippen LogP contribution in [0.3, 0.4) is 0 Å². The molecule has 0 amide bonds. The number of fused-ring (bicyclic) bond motifs is 1. The second-order valence-electron chi connectivity index (χ2n) is 9.17. The number of para-hydroxylation sites is 1. The Kier molecular flexibility index (Phi) is 8.58. The highest BCUT2D eigenvalue weighted by molar-refractivity contribution is 9.10. The number of hydrogen-bond acceptors (Lipinski definition) is 6. The van der Waals surface area contributed by atoms with Crippen molar-refractivity contribution in [2.75, 3.05) is 36.2 Å². The van der Waals surface area contributed by atoms with Crippen molar-refractivity contribution in [1.82, 2.24) is 15.3 Å². The third-order valence-corrected chi connectivity index (χ3v) is 6.90. The second-order valence-corrected chi connectivity index (χ2v) is 10.5. The Morgan fingerprint density at radius 2 is 1.84 bits per heavy atom. The zero-order valence-electron chi connectivity index (χ0n) is 20.4. The molecular formula is C25H28BrF3N6OS. The monoisotopic (exact) mass is 596 g/mol. The Bertz CT molecular complexity index is 1250. The number of nitrogens with zero attached hydrogens (tertiary/aromatic N) is 3. The summed E-state index contributed by atoms with van der Waals surface area (Å²) >= 11 is 8.48. The molecule has 1 heterocycles. The average Bonchev–Trinajstić information content (AvgIpc) is 2.84. The van der Waals surface area contributed by atoms with E-state index in [0.717, 1.165) is 42.4 Å². The van der Waals surface area contributed by atoms with E-state index in [4.69, 9.17) is 22.2 Å². The number of hydrogen-bond donors (Lipinski definition) is 3. The predicted molar refractivity (Wildman–Crippen MR) is 148 cm³/mol. The quantitative estimate of drug-likeness (QED) is 0.274. The van der Waals surface area contributed by atoms with Crippen molar-refractivity contribution in [3.63, 3.8) is 0 Å². The van der Waals surface area contributed by atoms with Crippen molar-refractivity contribution in [1.29, 1.82) is 0 Å². The van der Waals surface area contributed by atoms with Crippen LogP contribution in [0.15, 0.2) is 46.9 Å². The molecule has 1 fully saturated rings. The first-order valence-electron chi connectivity index (χ1n) is 11.9. The van der Waals surface area contributed by atoms with Crippen LogP contribution >= 0.6 is 28.1 Å². The van der Waals surface area contributed by atoms with Gasteiger partial charge in [-0.1, -0.05) is 28.1 Å². The summed E-state index contributed by atoms with van der Waals surface area (Å²) in [5.41, 5.74) is 1.04. The SMILES string of the molecule is CN(C)c1nc(NC2CCC(CNC(=S)Nc3ccc(Br)cc3OC(F)(F)F)CC2)nc2ccccc12. The lowest BCUT2D eigenvalue weighted by Gasteiger charge is -2.30. The molecule has 0 unspecified atom stereocenters. The molecule has 0 aliphatic heterocycles. The highest BCUT2D eigenvalue weighted by Crippen LogP contribution is 2.33. The van der Waals surface area contributed by atoms with Gasteiger partial charge >= 0.3 is 6.36 Å². The molecule has 1 aliphatic carbocycles. The maximum Gasteiger partial charge on any atom is 0.573 e. The summed E-state index contributed by atoms with van der Waals surface area (Å²) < 4.78 is 42.8. The molecule has 3 N–H and O–H groups in total. The van der Waals surface area contributed by atoms with Gasteiger partial charge in [0, 0.05) is 36.5 Å². The number of halogens is 4. The van der Waals surface area contributed by atoms with Gasteiger partial charge < -0.3 is 25.6 Å². The van der Waals surface area contributed by atoms with Crippen molar-refractivity contribution in [2.24, 2.45) is 5.92 Å². The number of anilines is 3. The Morgan fingerprint density at radius 3 is 2.54 bits per heavy atom. The van der Waals surface area contributed by atoms with E-state index in [2.05, 4.69) is 36.6 Å². The van der Waals surface area contributed by atoms with E-state index < -0.39 is 6.36 Å². The van der Waals surface area contributed by atoms with Gasteiger partial charge in [-0.2, -0.15) is 4.98 Å². The molecule has 1 aliphatic rings. The molecule has 1 saturated carbocycles. The maximum absolute atomic E-state index is 12.7. The third-order valence-electron chi connectivity index (χ3n) is 6.16. The lowest BCUT2D eigenvalue weighted by Crippen LogP contribution is -2.36. The molecule has 3 aromatic rings. The number of aromatic nitrogens is 2. The maximum atomic E-state index is 12.7. The molecule has 0 spiro atoms. The third kappa shape index (κ3) is 7.57. The molecule has 198 valence electrons. The molecule has 4 rings (SSSR count). The summed E-state index contributed by atoms with van der Waals surface area (Å²) in [7, 11) is 3.94. The highest BCUT2D eigenvalue weighted by atomic mass is 79.9. The number of rotatable bonds is 7. The van der Waals surface area contributed by atoms with Crippen LogP contribution in [0.1, 0.15) is 25.7 Å². The van der Waals surface area contributed by atoms with E-state index >= 15 is 0 Å². The minimum absolute atomic E-state index is 0.137. The Hall–Kier alpha value is -2.86. The summed E-state index contributed by atoms with van der Waals surface area (Å²) in [5, 5.41) is 10.7. The highest BCUT2D eigenvalue weighted by Gasteiger charge is 2.32. The topological polar surface area (TPSA) is 74.3 Å². The van der Waals surface area contributed by atoms with Gasteiger partial charge in [-0.25, -0.2) is 4.98 Å². The fraction of sp³-hybridized carbons (Fsp3) is 0.400. The lowest BCUT2D eigenvalue weighted by molar-refractivity contribution is -0.274. The van der Waals surface area contributed by atoms with Gasteiger partial charge in [-0.05, 0) is 74.2 Å². The molecule has 12 heteroatoms. The lowest BCUT2D eigenvalue weighted by atomic mass is 9.86. The summed E-state index contributed by atoms with van der Waals surface area (Å²) in [6, 6.07) is 12.6. The largest absolute Gasteiger partial charge is 0.573 e. The number of ether oxygens (including phenoxy) is 1. The number of thiocarbonyl (C=S) groups is 1. The van der Waals surface area contributed by atoms with Gasteiger partial charge in [0.25, 0.3) is 0 Å². The van der Waals surface area contributed by atoms with E-state index in [1.165, 1.54) is 12.1 Å². The first kappa shape index (κ1) is 27.2. The van der Waals surface area contributed by atoms with Crippen LogP contribution in [0, 0.1) is 5.92 Å². The standard InChI is InChI=1S/C25H28BrF3N6OS/c1-35(2)22-18-5-3-4-6-19(18)32-23(34-22)31-17-10-7-15(8-11-17)14-30-24(37)33-20-12-9-16(26)13-21(20)36-25(27,28)29/h3-6,9,12-13,15,17H,7-8,10-11,14H2,1-2H3,(H2,30,33,37)(H,31,32,34). The average molecular weight is 598 g/mol. The Balaban J connectivity index is 1.28. The Labute approximate surface area is 227 Å². The molecular weight excluding hydrogens is 569 g/mol. The van der Waals surface area contributed by atoms with Crippen molar-refractivity contribution in [3.8, 4) is 5.75 Å². The summed E-state index contributed by atoms with van der Waals surface area (Å²) in [4.78, 5) is 11.4. The molecule has 37 heavy (non-hydrogen) atoms. The Morgan fingerprint density at radius 1 is 1.11 bits per heavy atom. The van der Waals surface area contributed by atoms with E-state index in [0.29, 0.717) is 22.9 Å². The van der Waals surface area contributed by atoms with Crippen LogP contribution in [-0.4, -0.2) is 48.1 Å². The van der Waals surface area contributed by atoms with E-state index in [1.807, 2.05) is 43.3 Å². The molecule has 0 bridgehead atoms. The number of alkyl halides is 3. The molecule has 2 aromatic carbocycles. The van der Waals surface area contributed by atoms with Gasteiger partial charge in [0.05, 0.1) is 11.2 Å². The van der Waals surface area contributed by atoms with Crippen molar-refractivity contribution in [3.05, 3.63) is 46.9 Å². The fourth-order valence-corrected chi connectivity index (χ4v) is 4.90.